The molecule has 1 aromatic carbocycles. The summed E-state index contributed by atoms with van der Waals surface area (Å²) in [6.45, 7) is 2.21. The van der Waals surface area contributed by atoms with Gasteiger partial charge in [-0.3, -0.25) is 4.98 Å². The molecule has 3 heterocycles. The van der Waals surface area contributed by atoms with Crippen molar-refractivity contribution in [2.45, 2.75) is 38.5 Å². The van der Waals surface area contributed by atoms with E-state index in [-0.39, 0.29) is 0 Å². The first-order valence-corrected chi connectivity index (χ1v) is 10.2. The summed E-state index contributed by atoms with van der Waals surface area (Å²) in [5, 5.41) is 13.7. The normalized spacial score (nSPS) is 15.6. The smallest absolute Gasteiger partial charge is 0.157 e. The lowest BCUT2D eigenvalue weighted by atomic mass is 9.87. The van der Waals surface area contributed by atoms with E-state index in [4.69, 9.17) is 4.42 Å². The number of hydrogen-bond acceptors (Lipinski definition) is 6. The Bertz CT molecular complexity index is 1230. The summed E-state index contributed by atoms with van der Waals surface area (Å²) in [6, 6.07) is 10.4. The van der Waals surface area contributed by atoms with Crippen LogP contribution in [0.4, 0.5) is 0 Å². The van der Waals surface area contributed by atoms with Gasteiger partial charge in [-0.25, -0.2) is 9.97 Å². The maximum absolute atomic E-state index is 9.21. The number of rotatable bonds is 5. The minimum Gasteiger partial charge on any atom is -0.453 e. The molecule has 30 heavy (non-hydrogen) atoms. The second-order valence-electron chi connectivity index (χ2n) is 7.65. The average molecular weight is 398 g/mol. The van der Waals surface area contributed by atoms with E-state index in [2.05, 4.69) is 45.2 Å². The van der Waals surface area contributed by atoms with E-state index in [1.165, 1.54) is 11.1 Å². The predicted octanol–water partition coefficient (Wildman–Crippen LogP) is 5.15. The topological polar surface area (TPSA) is 84.4 Å². The average Bonchev–Trinajstić information content (AvgIpc) is 3.38. The summed E-state index contributed by atoms with van der Waals surface area (Å²) >= 11 is 0. The van der Waals surface area contributed by atoms with Crippen molar-refractivity contribution in [3.63, 3.8) is 0 Å². The molecule has 1 atom stereocenters. The van der Waals surface area contributed by atoms with Crippen molar-refractivity contribution in [1.82, 2.24) is 15.0 Å². The molecule has 1 aliphatic carbocycles. The van der Waals surface area contributed by atoms with Crippen LogP contribution in [-0.4, -0.2) is 25.9 Å². The maximum atomic E-state index is 9.21. The third-order valence-corrected chi connectivity index (χ3v) is 6.02. The Labute approximate surface area is 174 Å². The summed E-state index contributed by atoms with van der Waals surface area (Å²) in [6.07, 6.45) is 10.4. The van der Waals surface area contributed by atoms with Crippen molar-refractivity contribution in [2.24, 2.45) is 5.16 Å². The predicted molar refractivity (Wildman–Crippen MR) is 115 cm³/mol. The molecule has 1 N–H and O–H groups in total. The van der Waals surface area contributed by atoms with E-state index in [1.54, 1.807) is 24.9 Å². The Morgan fingerprint density at radius 2 is 2.03 bits per heavy atom. The number of nitrogens with zero attached hydrogens (tertiary/aromatic N) is 4. The van der Waals surface area contributed by atoms with Crippen LogP contribution in [-0.2, 0) is 12.8 Å². The lowest BCUT2D eigenvalue weighted by Crippen LogP contribution is -2.04. The molecule has 0 radical (unpaired) electrons. The molecule has 6 heteroatoms. The highest BCUT2D eigenvalue weighted by atomic mass is 16.4. The molecule has 3 aromatic heterocycles. The van der Waals surface area contributed by atoms with Gasteiger partial charge >= 0.3 is 0 Å². The van der Waals surface area contributed by atoms with Gasteiger partial charge in [0.1, 0.15) is 12.0 Å². The van der Waals surface area contributed by atoms with Gasteiger partial charge in [0.05, 0.1) is 11.9 Å². The number of furan rings is 1. The van der Waals surface area contributed by atoms with Crippen LogP contribution in [0.5, 0.6) is 0 Å². The van der Waals surface area contributed by atoms with E-state index in [0.29, 0.717) is 5.92 Å². The zero-order valence-corrected chi connectivity index (χ0v) is 16.7. The highest BCUT2D eigenvalue weighted by Crippen LogP contribution is 2.37. The quantitative estimate of drug-likeness (QED) is 0.371. The van der Waals surface area contributed by atoms with Crippen molar-refractivity contribution in [3.8, 4) is 11.5 Å². The van der Waals surface area contributed by atoms with Crippen molar-refractivity contribution < 1.29 is 9.62 Å². The molecule has 6 nitrogen and oxygen atoms in total. The van der Waals surface area contributed by atoms with Crippen molar-refractivity contribution in [2.75, 3.05) is 0 Å². The zero-order chi connectivity index (χ0) is 20.5. The molecule has 0 bridgehead atoms. The van der Waals surface area contributed by atoms with Crippen LogP contribution in [0.3, 0.4) is 0 Å². The van der Waals surface area contributed by atoms with Crippen LogP contribution in [0.2, 0.25) is 0 Å². The van der Waals surface area contributed by atoms with Crippen LogP contribution < -0.4 is 0 Å². The summed E-state index contributed by atoms with van der Waals surface area (Å²) < 4.78 is 6.17. The van der Waals surface area contributed by atoms with Gasteiger partial charge < -0.3 is 9.62 Å². The van der Waals surface area contributed by atoms with Gasteiger partial charge in [0, 0.05) is 28.9 Å². The van der Waals surface area contributed by atoms with Gasteiger partial charge in [0.15, 0.2) is 11.3 Å². The summed E-state index contributed by atoms with van der Waals surface area (Å²) in [5.74, 6) is 1.12. The zero-order valence-electron chi connectivity index (χ0n) is 16.7. The first-order chi connectivity index (χ1) is 14.8. The van der Waals surface area contributed by atoms with Crippen LogP contribution in [0, 0.1) is 0 Å². The van der Waals surface area contributed by atoms with Crippen molar-refractivity contribution >= 4 is 16.7 Å². The van der Waals surface area contributed by atoms with Crippen molar-refractivity contribution in [1.29, 1.82) is 0 Å². The minimum absolute atomic E-state index is 0.333. The molecule has 0 amide bonds. The van der Waals surface area contributed by atoms with Gasteiger partial charge in [0.25, 0.3) is 0 Å². The molecular weight excluding hydrogens is 376 g/mol. The SMILES string of the molecule is CCC(Cc1c(-c2ccncn2)oc2cnccc12)c1ccc2c(c1)CC/C2=N\O. The molecule has 0 fully saturated rings. The van der Waals surface area contributed by atoms with Gasteiger partial charge in [0.2, 0.25) is 0 Å². The molecule has 4 aromatic rings. The summed E-state index contributed by atoms with van der Waals surface area (Å²) in [4.78, 5) is 12.7. The van der Waals surface area contributed by atoms with Crippen LogP contribution in [0.1, 0.15) is 47.9 Å². The first-order valence-electron chi connectivity index (χ1n) is 10.2. The molecule has 0 saturated carbocycles. The molecule has 0 spiro atoms. The largest absolute Gasteiger partial charge is 0.453 e. The lowest BCUT2D eigenvalue weighted by Gasteiger charge is -2.17. The maximum Gasteiger partial charge on any atom is 0.157 e. The molecular formula is C24H22N4O2. The molecule has 5 rings (SSSR count). The number of fused-ring (bicyclic) bond motifs is 2. The number of oxime groups is 1. The Morgan fingerprint density at radius 3 is 2.83 bits per heavy atom. The Morgan fingerprint density at radius 1 is 1.13 bits per heavy atom. The number of hydrogen-bond donors (Lipinski definition) is 1. The van der Waals surface area contributed by atoms with Gasteiger partial charge in [-0.2, -0.15) is 0 Å². The molecule has 0 saturated heterocycles. The fourth-order valence-corrected chi connectivity index (χ4v) is 4.43. The fourth-order valence-electron chi connectivity index (χ4n) is 4.43. The molecule has 1 aliphatic rings. The second kappa shape index (κ2) is 7.71. The van der Waals surface area contributed by atoms with Gasteiger partial charge in [-0.05, 0) is 54.9 Å². The summed E-state index contributed by atoms with van der Waals surface area (Å²) in [5.41, 5.74) is 7.11. The molecule has 1 unspecified atom stereocenters. The van der Waals surface area contributed by atoms with E-state index in [0.717, 1.165) is 64.9 Å². The monoisotopic (exact) mass is 398 g/mol. The van der Waals surface area contributed by atoms with Crippen LogP contribution >= 0.6 is 0 Å². The Hall–Kier alpha value is -3.54. The number of benzene rings is 1. The highest BCUT2D eigenvalue weighted by Gasteiger charge is 2.23. The number of aromatic nitrogens is 3. The first kappa shape index (κ1) is 18.5. The molecule has 150 valence electrons. The third kappa shape index (κ3) is 3.14. The third-order valence-electron chi connectivity index (χ3n) is 6.02. The minimum atomic E-state index is 0.333. The molecule has 0 aliphatic heterocycles. The lowest BCUT2D eigenvalue weighted by molar-refractivity contribution is 0.318. The number of pyridine rings is 1. The Balaban J connectivity index is 1.56. The van der Waals surface area contributed by atoms with E-state index in [9.17, 15) is 5.21 Å². The van der Waals surface area contributed by atoms with E-state index in [1.807, 2.05) is 12.1 Å². The van der Waals surface area contributed by atoms with E-state index < -0.39 is 0 Å². The van der Waals surface area contributed by atoms with Crippen LogP contribution in [0.15, 0.2) is 64.8 Å². The van der Waals surface area contributed by atoms with Gasteiger partial charge in [-0.15, -0.1) is 0 Å². The fraction of sp³-hybridized carbons (Fsp3) is 0.250. The van der Waals surface area contributed by atoms with Gasteiger partial charge in [-0.1, -0.05) is 30.3 Å². The second-order valence-corrected chi connectivity index (χ2v) is 7.65. The standard InChI is InChI=1S/C24H22N4O2/c1-2-15(16-3-5-18-17(11-16)4-6-21(18)28-29)12-20-19-7-9-25-13-23(19)30-24(20)22-8-10-26-14-27-22/h3,5,7-11,13-15,29H,2,4,6,12H2,1H3/b28-21+. The van der Waals surface area contributed by atoms with Crippen molar-refractivity contribution in [3.05, 3.63) is 77.5 Å². The van der Waals surface area contributed by atoms with E-state index >= 15 is 0 Å². The van der Waals surface area contributed by atoms with Crippen LogP contribution in [0.25, 0.3) is 22.4 Å². The summed E-state index contributed by atoms with van der Waals surface area (Å²) in [7, 11) is 0. The highest BCUT2D eigenvalue weighted by molar-refractivity contribution is 6.04. The number of aryl methyl sites for hydroxylation is 1. The Kier molecular flexibility index (Phi) is 4.75.